The lowest BCUT2D eigenvalue weighted by atomic mass is 10.2. The van der Waals surface area contributed by atoms with Crippen molar-refractivity contribution >= 4 is 34.0 Å². The summed E-state index contributed by atoms with van der Waals surface area (Å²) in [6.07, 6.45) is 2.87. The van der Waals surface area contributed by atoms with Crippen molar-refractivity contribution in [2.24, 2.45) is 5.10 Å². The highest BCUT2D eigenvalue weighted by atomic mass is 79.9. The van der Waals surface area contributed by atoms with Crippen LogP contribution in [0.3, 0.4) is 0 Å². The first-order chi connectivity index (χ1) is 10.1. The molecule has 0 aliphatic heterocycles. The van der Waals surface area contributed by atoms with Crippen molar-refractivity contribution in [3.8, 4) is 0 Å². The van der Waals surface area contributed by atoms with E-state index in [0.29, 0.717) is 11.3 Å². The number of furan rings is 1. The summed E-state index contributed by atoms with van der Waals surface area (Å²) in [5.41, 5.74) is 2.75. The van der Waals surface area contributed by atoms with E-state index >= 15 is 0 Å². The molecule has 2 rings (SSSR count). The first-order valence-electron chi connectivity index (χ1n) is 6.04. The fourth-order valence-corrected chi connectivity index (χ4v) is 1.86. The molecule has 6 nitrogen and oxygen atoms in total. The molecular formula is C14H12BrN3O3. The lowest BCUT2D eigenvalue weighted by Gasteiger charge is -2.04. The van der Waals surface area contributed by atoms with Gasteiger partial charge in [0.25, 0.3) is 11.8 Å². The van der Waals surface area contributed by atoms with Gasteiger partial charge in [-0.1, -0.05) is 22.0 Å². The van der Waals surface area contributed by atoms with Crippen molar-refractivity contribution in [2.75, 3.05) is 6.54 Å². The Balaban J connectivity index is 1.77. The molecule has 1 heterocycles. The van der Waals surface area contributed by atoms with Gasteiger partial charge >= 0.3 is 0 Å². The van der Waals surface area contributed by atoms with Crippen molar-refractivity contribution < 1.29 is 14.0 Å². The molecule has 0 unspecified atom stereocenters. The van der Waals surface area contributed by atoms with E-state index in [2.05, 4.69) is 31.8 Å². The summed E-state index contributed by atoms with van der Waals surface area (Å²) in [6, 6.07) is 10.3. The van der Waals surface area contributed by atoms with E-state index in [0.717, 1.165) is 4.47 Å². The number of benzene rings is 1. The summed E-state index contributed by atoms with van der Waals surface area (Å²) < 4.78 is 5.80. The van der Waals surface area contributed by atoms with Gasteiger partial charge in [-0.15, -0.1) is 0 Å². The van der Waals surface area contributed by atoms with Crippen LogP contribution in [-0.2, 0) is 4.79 Å². The van der Waals surface area contributed by atoms with Crippen LogP contribution in [0.25, 0.3) is 0 Å². The zero-order chi connectivity index (χ0) is 15.1. The third kappa shape index (κ3) is 4.88. The van der Waals surface area contributed by atoms with Crippen molar-refractivity contribution in [1.29, 1.82) is 0 Å². The van der Waals surface area contributed by atoms with E-state index in [9.17, 15) is 9.59 Å². The standard InChI is InChI=1S/C14H12BrN3O3/c15-11-4-1-3-10(7-11)14(20)16-9-13(19)18-17-8-12-5-2-6-21-12/h1-8H,9H2,(H,16,20)(H,18,19). The topological polar surface area (TPSA) is 83.7 Å². The zero-order valence-electron chi connectivity index (χ0n) is 10.9. The molecule has 21 heavy (non-hydrogen) atoms. The molecule has 0 radical (unpaired) electrons. The van der Waals surface area contributed by atoms with Gasteiger partial charge in [-0.05, 0) is 30.3 Å². The van der Waals surface area contributed by atoms with Crippen LogP contribution in [-0.4, -0.2) is 24.6 Å². The van der Waals surface area contributed by atoms with Gasteiger partial charge in [0.15, 0.2) is 0 Å². The molecule has 7 heteroatoms. The molecule has 108 valence electrons. The van der Waals surface area contributed by atoms with Gasteiger partial charge < -0.3 is 9.73 Å². The van der Waals surface area contributed by atoms with E-state index in [-0.39, 0.29) is 12.5 Å². The summed E-state index contributed by atoms with van der Waals surface area (Å²) in [6.45, 7) is -0.166. The Morgan fingerprint density at radius 2 is 2.14 bits per heavy atom. The molecular weight excluding hydrogens is 338 g/mol. The lowest BCUT2D eigenvalue weighted by Crippen LogP contribution is -2.34. The summed E-state index contributed by atoms with van der Waals surface area (Å²) in [4.78, 5) is 23.3. The molecule has 0 saturated heterocycles. The van der Waals surface area contributed by atoms with Crippen LogP contribution in [0, 0.1) is 0 Å². The average molecular weight is 350 g/mol. The van der Waals surface area contributed by atoms with E-state index < -0.39 is 5.91 Å². The van der Waals surface area contributed by atoms with Gasteiger partial charge in [0.05, 0.1) is 19.0 Å². The molecule has 0 saturated carbocycles. The number of hydrazone groups is 1. The van der Waals surface area contributed by atoms with Gasteiger partial charge in [-0.2, -0.15) is 5.10 Å². The first kappa shape index (κ1) is 15.0. The number of nitrogens with zero attached hydrogens (tertiary/aromatic N) is 1. The third-order valence-electron chi connectivity index (χ3n) is 2.42. The Bertz CT molecular complexity index is 653. The maximum Gasteiger partial charge on any atom is 0.259 e. The van der Waals surface area contributed by atoms with Gasteiger partial charge in [0.1, 0.15) is 5.76 Å². The maximum atomic E-state index is 11.8. The molecule has 0 spiro atoms. The number of halogens is 1. The van der Waals surface area contributed by atoms with Crippen LogP contribution in [0.1, 0.15) is 16.1 Å². The maximum absolute atomic E-state index is 11.8. The monoisotopic (exact) mass is 349 g/mol. The van der Waals surface area contributed by atoms with E-state index in [1.54, 1.807) is 30.3 Å². The second kappa shape index (κ2) is 7.39. The Labute approximate surface area is 129 Å². The van der Waals surface area contributed by atoms with Crippen molar-refractivity contribution in [3.05, 3.63) is 58.5 Å². The van der Waals surface area contributed by atoms with Crippen LogP contribution in [0.4, 0.5) is 0 Å². The van der Waals surface area contributed by atoms with Crippen LogP contribution < -0.4 is 10.7 Å². The number of rotatable bonds is 5. The zero-order valence-corrected chi connectivity index (χ0v) is 12.5. The molecule has 1 aromatic carbocycles. The van der Waals surface area contributed by atoms with Crippen molar-refractivity contribution in [1.82, 2.24) is 10.7 Å². The second-order valence-electron chi connectivity index (χ2n) is 4.00. The molecule has 0 atom stereocenters. The predicted molar refractivity (Wildman–Crippen MR) is 80.9 cm³/mol. The van der Waals surface area contributed by atoms with Crippen molar-refractivity contribution in [3.63, 3.8) is 0 Å². The molecule has 2 aromatic rings. The first-order valence-corrected chi connectivity index (χ1v) is 6.83. The quantitative estimate of drug-likeness (QED) is 0.638. The highest BCUT2D eigenvalue weighted by Crippen LogP contribution is 2.11. The van der Waals surface area contributed by atoms with E-state index in [1.165, 1.54) is 12.5 Å². The number of nitrogens with one attached hydrogen (secondary N) is 2. The third-order valence-corrected chi connectivity index (χ3v) is 2.91. The SMILES string of the molecule is O=C(CNC(=O)c1cccc(Br)c1)NN=Cc1ccco1. The highest BCUT2D eigenvalue weighted by Gasteiger charge is 2.07. The van der Waals surface area contributed by atoms with Crippen molar-refractivity contribution in [2.45, 2.75) is 0 Å². The number of carbonyl (C=O) groups excluding carboxylic acids is 2. The Kier molecular flexibility index (Phi) is 5.28. The lowest BCUT2D eigenvalue weighted by molar-refractivity contribution is -0.120. The minimum absolute atomic E-state index is 0.166. The molecule has 0 aliphatic rings. The number of hydrogen-bond donors (Lipinski definition) is 2. The fourth-order valence-electron chi connectivity index (χ4n) is 1.46. The normalized spacial score (nSPS) is 10.5. The fraction of sp³-hybridized carbons (Fsp3) is 0.0714. The van der Waals surface area contributed by atoms with Crippen LogP contribution in [0.2, 0.25) is 0 Å². The summed E-state index contributed by atoms with van der Waals surface area (Å²) in [5.74, 6) is -0.240. The van der Waals surface area contributed by atoms with E-state index in [1.807, 2.05) is 6.07 Å². The smallest absolute Gasteiger partial charge is 0.259 e. The Hall–Kier alpha value is -2.41. The molecule has 2 amide bonds. The molecule has 1 aromatic heterocycles. The minimum atomic E-state index is -0.429. The number of hydrogen-bond acceptors (Lipinski definition) is 4. The van der Waals surface area contributed by atoms with Crippen LogP contribution >= 0.6 is 15.9 Å². The summed E-state index contributed by atoms with van der Waals surface area (Å²) >= 11 is 3.28. The number of amides is 2. The second-order valence-corrected chi connectivity index (χ2v) is 4.92. The summed E-state index contributed by atoms with van der Waals surface area (Å²) in [5, 5.41) is 6.20. The minimum Gasteiger partial charge on any atom is -0.463 e. The van der Waals surface area contributed by atoms with Crippen LogP contribution in [0.5, 0.6) is 0 Å². The van der Waals surface area contributed by atoms with Gasteiger partial charge in [-0.25, -0.2) is 5.43 Å². The van der Waals surface area contributed by atoms with Gasteiger partial charge in [0.2, 0.25) is 0 Å². The van der Waals surface area contributed by atoms with Crippen LogP contribution in [0.15, 0.2) is 56.7 Å². The van der Waals surface area contributed by atoms with E-state index in [4.69, 9.17) is 4.42 Å². The van der Waals surface area contributed by atoms with Gasteiger partial charge in [0, 0.05) is 10.0 Å². The van der Waals surface area contributed by atoms with Gasteiger partial charge in [-0.3, -0.25) is 9.59 Å². The molecule has 2 N–H and O–H groups in total. The Morgan fingerprint density at radius 3 is 2.86 bits per heavy atom. The Morgan fingerprint density at radius 1 is 1.29 bits per heavy atom. The molecule has 0 fully saturated rings. The predicted octanol–water partition coefficient (Wildman–Crippen LogP) is 1.92. The number of carbonyl (C=O) groups is 2. The molecule has 0 aliphatic carbocycles. The summed E-state index contributed by atoms with van der Waals surface area (Å²) in [7, 11) is 0. The largest absolute Gasteiger partial charge is 0.463 e. The molecule has 0 bridgehead atoms. The average Bonchev–Trinajstić information content (AvgIpc) is 2.98. The highest BCUT2D eigenvalue weighted by molar-refractivity contribution is 9.10.